The molecule has 2 rings (SSSR count). The normalized spacial score (nSPS) is 13.4. The minimum atomic E-state index is -0.577. The van der Waals surface area contributed by atoms with E-state index in [4.69, 9.17) is 0 Å². The number of anilines is 1. The number of hydrogen-bond acceptors (Lipinski definition) is 4. The number of methoxy groups -OCH3 is 1. The SMILES string of the molecule is COC(=O)CC(=O)c1cc(C)cc2c1N(C)C(=O)C2. The Hall–Kier alpha value is -2.17. The van der Waals surface area contributed by atoms with Gasteiger partial charge in [0.05, 0.1) is 19.2 Å². The van der Waals surface area contributed by atoms with Crippen LogP contribution in [0.5, 0.6) is 0 Å². The Morgan fingerprint density at radius 2 is 2.05 bits per heavy atom. The second-order valence-electron chi connectivity index (χ2n) is 4.63. The van der Waals surface area contributed by atoms with Gasteiger partial charge >= 0.3 is 5.97 Å². The van der Waals surface area contributed by atoms with Crippen molar-refractivity contribution < 1.29 is 19.1 Å². The number of rotatable bonds is 3. The summed E-state index contributed by atoms with van der Waals surface area (Å²) in [5.41, 5.74) is 2.76. The molecule has 0 atom stereocenters. The van der Waals surface area contributed by atoms with E-state index in [1.807, 2.05) is 13.0 Å². The lowest BCUT2D eigenvalue weighted by Gasteiger charge is -2.15. The molecule has 1 aliphatic rings. The average molecular weight is 261 g/mol. The molecule has 0 aromatic heterocycles. The molecule has 1 heterocycles. The maximum Gasteiger partial charge on any atom is 0.313 e. The van der Waals surface area contributed by atoms with Crippen molar-refractivity contribution in [1.82, 2.24) is 0 Å². The van der Waals surface area contributed by atoms with Crippen molar-refractivity contribution in [1.29, 1.82) is 0 Å². The molecule has 0 saturated carbocycles. The number of benzene rings is 1. The number of carbonyl (C=O) groups excluding carboxylic acids is 3. The van der Waals surface area contributed by atoms with Gasteiger partial charge in [-0.05, 0) is 24.1 Å². The van der Waals surface area contributed by atoms with E-state index in [0.29, 0.717) is 17.7 Å². The summed E-state index contributed by atoms with van der Waals surface area (Å²) in [6.07, 6.45) is -0.0135. The minimum absolute atomic E-state index is 0.0484. The quantitative estimate of drug-likeness (QED) is 0.467. The van der Waals surface area contributed by atoms with Gasteiger partial charge in [-0.15, -0.1) is 0 Å². The van der Waals surface area contributed by atoms with E-state index in [0.717, 1.165) is 11.1 Å². The molecule has 1 amide bonds. The van der Waals surface area contributed by atoms with Crippen LogP contribution in [0, 0.1) is 6.92 Å². The third-order valence-electron chi connectivity index (χ3n) is 3.22. The molecule has 0 saturated heterocycles. The summed E-state index contributed by atoms with van der Waals surface area (Å²) in [7, 11) is 2.88. The van der Waals surface area contributed by atoms with Crippen LogP contribution in [0.25, 0.3) is 0 Å². The highest BCUT2D eigenvalue weighted by Gasteiger charge is 2.29. The van der Waals surface area contributed by atoms with Crippen molar-refractivity contribution in [2.45, 2.75) is 19.8 Å². The van der Waals surface area contributed by atoms with Gasteiger partial charge in [0.1, 0.15) is 6.42 Å². The Kier molecular flexibility index (Phi) is 3.38. The fourth-order valence-electron chi connectivity index (χ4n) is 2.30. The molecule has 19 heavy (non-hydrogen) atoms. The molecule has 0 unspecified atom stereocenters. The number of nitrogens with zero attached hydrogens (tertiary/aromatic N) is 1. The summed E-state index contributed by atoms with van der Waals surface area (Å²) < 4.78 is 4.50. The van der Waals surface area contributed by atoms with Gasteiger partial charge in [-0.25, -0.2) is 0 Å². The number of Topliss-reactive ketones (excluding diaryl/α,β-unsaturated/α-hetero) is 1. The number of amides is 1. The van der Waals surface area contributed by atoms with Crippen LogP contribution in [0.3, 0.4) is 0 Å². The van der Waals surface area contributed by atoms with Crippen LogP contribution in [0.4, 0.5) is 5.69 Å². The van der Waals surface area contributed by atoms with Gasteiger partial charge in [-0.3, -0.25) is 14.4 Å². The molecular formula is C14H15NO4. The Labute approximate surface area is 111 Å². The fraction of sp³-hybridized carbons (Fsp3) is 0.357. The lowest BCUT2D eigenvalue weighted by Crippen LogP contribution is -2.23. The first-order valence-corrected chi connectivity index (χ1v) is 5.94. The second-order valence-corrected chi connectivity index (χ2v) is 4.63. The topological polar surface area (TPSA) is 63.7 Å². The molecule has 1 aromatic carbocycles. The predicted octanol–water partition coefficient (Wildman–Crippen LogP) is 1.26. The van der Waals surface area contributed by atoms with E-state index in [1.165, 1.54) is 12.0 Å². The molecule has 1 aliphatic heterocycles. The summed E-state index contributed by atoms with van der Waals surface area (Å²) in [5.74, 6) is -0.951. The monoisotopic (exact) mass is 261 g/mol. The number of ether oxygens (including phenoxy) is 1. The molecule has 0 radical (unpaired) electrons. The summed E-state index contributed by atoms with van der Waals surface area (Å²) in [5, 5.41) is 0. The van der Waals surface area contributed by atoms with Crippen LogP contribution in [-0.2, 0) is 20.7 Å². The van der Waals surface area contributed by atoms with Crippen LogP contribution < -0.4 is 4.90 Å². The number of carbonyl (C=O) groups is 3. The van der Waals surface area contributed by atoms with E-state index in [9.17, 15) is 14.4 Å². The Bertz CT molecular complexity index is 577. The number of hydrogen-bond donors (Lipinski definition) is 0. The highest BCUT2D eigenvalue weighted by molar-refractivity contribution is 6.14. The molecule has 0 spiro atoms. The highest BCUT2D eigenvalue weighted by atomic mass is 16.5. The Morgan fingerprint density at radius 3 is 2.68 bits per heavy atom. The van der Waals surface area contributed by atoms with Crippen LogP contribution in [0.1, 0.15) is 27.9 Å². The van der Waals surface area contributed by atoms with Crippen molar-refractivity contribution in [2.75, 3.05) is 19.1 Å². The first-order chi connectivity index (χ1) is 8.93. The third kappa shape index (κ3) is 2.36. The van der Waals surface area contributed by atoms with E-state index >= 15 is 0 Å². The number of aryl methyl sites for hydroxylation is 1. The van der Waals surface area contributed by atoms with Gasteiger partial charge in [-0.1, -0.05) is 6.07 Å². The maximum absolute atomic E-state index is 12.1. The van der Waals surface area contributed by atoms with Crippen LogP contribution in [0.15, 0.2) is 12.1 Å². The van der Waals surface area contributed by atoms with Gasteiger partial charge in [-0.2, -0.15) is 0 Å². The van der Waals surface area contributed by atoms with E-state index in [2.05, 4.69) is 4.74 Å². The summed E-state index contributed by atoms with van der Waals surface area (Å²) in [6, 6.07) is 3.60. The number of fused-ring (bicyclic) bond motifs is 1. The molecule has 1 aromatic rings. The molecule has 100 valence electrons. The highest BCUT2D eigenvalue weighted by Crippen LogP contribution is 2.33. The molecule has 5 nitrogen and oxygen atoms in total. The zero-order valence-corrected chi connectivity index (χ0v) is 11.1. The first-order valence-electron chi connectivity index (χ1n) is 5.94. The number of ketones is 1. The van der Waals surface area contributed by atoms with Crippen molar-refractivity contribution in [2.24, 2.45) is 0 Å². The molecular weight excluding hydrogens is 246 g/mol. The maximum atomic E-state index is 12.1. The Morgan fingerprint density at radius 1 is 1.37 bits per heavy atom. The largest absolute Gasteiger partial charge is 0.469 e. The molecule has 0 aliphatic carbocycles. The number of esters is 1. The summed E-state index contributed by atoms with van der Waals surface area (Å²) in [4.78, 5) is 36.5. The molecule has 0 bridgehead atoms. The minimum Gasteiger partial charge on any atom is -0.469 e. The lowest BCUT2D eigenvalue weighted by atomic mass is 9.99. The van der Waals surface area contributed by atoms with Crippen LogP contribution in [-0.4, -0.2) is 31.8 Å². The second kappa shape index (κ2) is 4.84. The van der Waals surface area contributed by atoms with Gasteiger partial charge in [0.25, 0.3) is 0 Å². The zero-order chi connectivity index (χ0) is 14.2. The van der Waals surface area contributed by atoms with Crippen molar-refractivity contribution in [3.05, 3.63) is 28.8 Å². The van der Waals surface area contributed by atoms with E-state index in [-0.39, 0.29) is 18.1 Å². The molecule has 0 N–H and O–H groups in total. The van der Waals surface area contributed by atoms with Crippen LogP contribution >= 0.6 is 0 Å². The van der Waals surface area contributed by atoms with Gasteiger partial charge < -0.3 is 9.64 Å². The van der Waals surface area contributed by atoms with Crippen molar-refractivity contribution >= 4 is 23.3 Å². The summed E-state index contributed by atoms with van der Waals surface area (Å²) >= 11 is 0. The van der Waals surface area contributed by atoms with Gasteiger partial charge in [0.15, 0.2) is 5.78 Å². The number of likely N-dealkylation sites (N-methyl/N-ethyl adjacent to an activating group) is 1. The summed E-state index contributed by atoms with van der Waals surface area (Å²) in [6.45, 7) is 1.86. The lowest BCUT2D eigenvalue weighted by molar-refractivity contribution is -0.139. The standard InChI is InChI=1S/C14H15NO4/c1-8-4-9-6-12(17)15(2)14(9)10(5-8)11(16)7-13(18)19-3/h4-5H,6-7H2,1-3H3. The fourth-order valence-corrected chi connectivity index (χ4v) is 2.30. The van der Waals surface area contributed by atoms with Gasteiger partial charge in [0, 0.05) is 12.6 Å². The predicted molar refractivity (Wildman–Crippen MR) is 69.3 cm³/mol. The van der Waals surface area contributed by atoms with E-state index < -0.39 is 5.97 Å². The smallest absolute Gasteiger partial charge is 0.313 e. The van der Waals surface area contributed by atoms with Crippen molar-refractivity contribution in [3.63, 3.8) is 0 Å². The van der Waals surface area contributed by atoms with Gasteiger partial charge in [0.2, 0.25) is 5.91 Å². The van der Waals surface area contributed by atoms with Crippen LogP contribution in [0.2, 0.25) is 0 Å². The van der Waals surface area contributed by atoms with Crippen molar-refractivity contribution in [3.8, 4) is 0 Å². The average Bonchev–Trinajstić information content (AvgIpc) is 2.63. The molecule has 0 fully saturated rings. The Balaban J connectivity index is 2.44. The third-order valence-corrected chi connectivity index (χ3v) is 3.22. The first kappa shape index (κ1) is 13.3. The zero-order valence-electron chi connectivity index (χ0n) is 11.1. The van der Waals surface area contributed by atoms with E-state index in [1.54, 1.807) is 13.1 Å². The molecule has 5 heteroatoms.